The first-order valence-electron chi connectivity index (χ1n) is 10.8. The maximum atomic E-state index is 12.8. The zero-order valence-corrected chi connectivity index (χ0v) is 20.3. The summed E-state index contributed by atoms with van der Waals surface area (Å²) in [7, 11) is 0. The van der Waals surface area contributed by atoms with Gasteiger partial charge in [-0.1, -0.05) is 18.5 Å². The maximum Gasteiger partial charge on any atom is 0.406 e. The number of hydrogen-bond donors (Lipinski definition) is 2. The van der Waals surface area contributed by atoms with Crippen LogP contribution < -0.4 is 20.5 Å². The number of halogens is 4. The molecule has 1 aromatic carbocycles. The number of hydrogen-bond acceptors (Lipinski definition) is 7. The number of aliphatic imine (C=N–C) groups is 1. The summed E-state index contributed by atoms with van der Waals surface area (Å²) in [5.74, 6) is -0.794. The van der Waals surface area contributed by atoms with E-state index in [1.165, 1.54) is 25.3 Å². The van der Waals surface area contributed by atoms with E-state index < -0.39 is 24.7 Å². The Morgan fingerprint density at radius 3 is 2.74 bits per heavy atom. The number of fused-ring (bicyclic) bond motifs is 1. The van der Waals surface area contributed by atoms with Crippen LogP contribution in [0.1, 0.15) is 37.6 Å². The van der Waals surface area contributed by atoms with E-state index >= 15 is 0 Å². The molecule has 1 heterocycles. The lowest BCUT2D eigenvalue weighted by atomic mass is 10.1. The Labute approximate surface area is 206 Å². The summed E-state index contributed by atoms with van der Waals surface area (Å²) in [6.07, 6.45) is -2.05. The van der Waals surface area contributed by atoms with Gasteiger partial charge in [-0.15, -0.1) is 0 Å². The molecule has 0 fully saturated rings. The van der Waals surface area contributed by atoms with Gasteiger partial charge < -0.3 is 30.2 Å². The minimum Gasteiger partial charge on any atom is -0.489 e. The van der Waals surface area contributed by atoms with Crippen molar-refractivity contribution in [1.29, 1.82) is 0 Å². The van der Waals surface area contributed by atoms with Crippen LogP contribution in [-0.4, -0.2) is 67.6 Å². The fraction of sp³-hybridized carbons (Fsp3) is 0.500. The molecule has 35 heavy (non-hydrogen) atoms. The summed E-state index contributed by atoms with van der Waals surface area (Å²) in [5.41, 5.74) is 5.46. The molecule has 1 unspecified atom stereocenters. The van der Waals surface area contributed by atoms with Gasteiger partial charge >= 0.3 is 6.18 Å². The van der Waals surface area contributed by atoms with Gasteiger partial charge in [0.2, 0.25) is 11.8 Å². The smallest absolute Gasteiger partial charge is 0.406 e. The van der Waals surface area contributed by atoms with E-state index in [0.717, 1.165) is 6.20 Å². The Hall–Kier alpha value is -3.15. The number of alkyl halides is 3. The number of rotatable bonds is 10. The number of amides is 2. The summed E-state index contributed by atoms with van der Waals surface area (Å²) < 4.78 is 55.3. The lowest BCUT2D eigenvalue weighted by molar-refractivity contribution is -0.141. The van der Waals surface area contributed by atoms with Crippen LogP contribution in [0.2, 0.25) is 5.02 Å². The molecule has 1 aliphatic heterocycles. The van der Waals surface area contributed by atoms with Crippen molar-refractivity contribution in [2.75, 3.05) is 26.3 Å². The van der Waals surface area contributed by atoms with E-state index in [1.807, 2.05) is 6.92 Å². The molecule has 0 bridgehead atoms. The lowest BCUT2D eigenvalue weighted by Gasteiger charge is -2.21. The van der Waals surface area contributed by atoms with Crippen LogP contribution in [0, 0.1) is 0 Å². The predicted molar refractivity (Wildman–Crippen MR) is 124 cm³/mol. The molecular formula is C22H28ClF3N4O5. The number of ether oxygens (including phenoxy) is 3. The molecule has 0 spiro atoms. The van der Waals surface area contributed by atoms with E-state index in [0.29, 0.717) is 11.3 Å². The fourth-order valence-corrected chi connectivity index (χ4v) is 3.37. The number of carbonyl (C=O) groups is 2. The molecule has 0 aliphatic carbocycles. The number of carbonyl (C=O) groups excluding carboxylic acids is 2. The molecule has 0 radical (unpaired) electrons. The zero-order valence-electron chi connectivity index (χ0n) is 19.5. The van der Waals surface area contributed by atoms with Gasteiger partial charge in [-0.05, 0) is 25.5 Å². The van der Waals surface area contributed by atoms with E-state index in [1.54, 1.807) is 6.92 Å². The van der Waals surface area contributed by atoms with Gasteiger partial charge in [-0.3, -0.25) is 9.59 Å². The Kier molecular flexibility index (Phi) is 10.1. The molecular weight excluding hydrogens is 493 g/mol. The largest absolute Gasteiger partial charge is 0.489 e. The molecule has 0 saturated carbocycles. The molecule has 2 atom stereocenters. The van der Waals surface area contributed by atoms with Gasteiger partial charge in [-0.2, -0.15) is 13.2 Å². The van der Waals surface area contributed by atoms with Crippen molar-refractivity contribution in [3.05, 3.63) is 34.8 Å². The summed E-state index contributed by atoms with van der Waals surface area (Å²) >= 11 is 6.38. The summed E-state index contributed by atoms with van der Waals surface area (Å²) in [6.45, 7) is 3.34. The van der Waals surface area contributed by atoms with Gasteiger partial charge in [-0.25, -0.2) is 4.99 Å². The molecule has 2 amide bonds. The van der Waals surface area contributed by atoms with Crippen molar-refractivity contribution in [2.24, 2.45) is 10.7 Å². The minimum atomic E-state index is -4.54. The Morgan fingerprint density at radius 1 is 1.43 bits per heavy atom. The second-order valence-corrected chi connectivity index (χ2v) is 8.08. The third-order valence-corrected chi connectivity index (χ3v) is 5.04. The van der Waals surface area contributed by atoms with Gasteiger partial charge in [0.25, 0.3) is 5.91 Å². The first kappa shape index (κ1) is 28.1. The molecule has 1 aliphatic rings. The number of nitrogens with two attached hydrogens (primary N) is 1. The molecule has 1 aromatic rings. The van der Waals surface area contributed by atoms with Crippen LogP contribution in [0.4, 0.5) is 13.2 Å². The normalized spacial score (nSPS) is 16.3. The second-order valence-electron chi connectivity index (χ2n) is 7.70. The molecule has 194 valence electrons. The van der Waals surface area contributed by atoms with Crippen molar-refractivity contribution in [3.63, 3.8) is 0 Å². The average molecular weight is 521 g/mol. The van der Waals surface area contributed by atoms with Crippen LogP contribution in [-0.2, 0) is 9.53 Å². The third kappa shape index (κ3) is 8.53. The average Bonchev–Trinajstić information content (AvgIpc) is 2.92. The molecule has 9 nitrogen and oxygen atoms in total. The Balaban J connectivity index is 2.12. The fourth-order valence-electron chi connectivity index (χ4n) is 3.10. The molecule has 2 rings (SSSR count). The van der Waals surface area contributed by atoms with Gasteiger partial charge in [0.05, 0.1) is 24.4 Å². The SMILES string of the molecule is CCC(/C=N\C(=C/N)OC[C@H](C)NC(C)=O)Oc1ccc2c(c1Cl)OCCN(CC(F)(F)F)C2=O. The van der Waals surface area contributed by atoms with Gasteiger partial charge in [0, 0.05) is 13.1 Å². The van der Waals surface area contributed by atoms with Crippen molar-refractivity contribution in [2.45, 2.75) is 45.5 Å². The van der Waals surface area contributed by atoms with Crippen LogP contribution in [0.15, 0.2) is 29.2 Å². The highest BCUT2D eigenvalue weighted by atomic mass is 35.5. The van der Waals surface area contributed by atoms with E-state index in [-0.39, 0.29) is 59.7 Å². The van der Waals surface area contributed by atoms with Crippen LogP contribution >= 0.6 is 11.6 Å². The maximum absolute atomic E-state index is 12.8. The topological polar surface area (TPSA) is 115 Å². The quantitative estimate of drug-likeness (QED) is 0.361. The highest BCUT2D eigenvalue weighted by Crippen LogP contribution is 2.39. The molecule has 0 aromatic heterocycles. The number of benzene rings is 1. The number of nitrogens with zero attached hydrogens (tertiary/aromatic N) is 2. The van der Waals surface area contributed by atoms with Crippen molar-refractivity contribution in [3.8, 4) is 11.5 Å². The van der Waals surface area contributed by atoms with Crippen LogP contribution in [0.5, 0.6) is 11.5 Å². The van der Waals surface area contributed by atoms with Gasteiger partial charge in [0.1, 0.15) is 36.6 Å². The molecule has 3 N–H and O–H groups in total. The number of nitrogens with one attached hydrogen (secondary N) is 1. The lowest BCUT2D eigenvalue weighted by Crippen LogP contribution is -2.39. The van der Waals surface area contributed by atoms with Crippen molar-refractivity contribution < 1.29 is 37.0 Å². The highest BCUT2D eigenvalue weighted by Gasteiger charge is 2.36. The molecule has 13 heteroatoms. The Morgan fingerprint density at radius 2 is 2.14 bits per heavy atom. The minimum absolute atomic E-state index is 0.0356. The van der Waals surface area contributed by atoms with E-state index in [2.05, 4.69) is 10.3 Å². The zero-order chi connectivity index (χ0) is 26.2. The van der Waals surface area contributed by atoms with Crippen molar-refractivity contribution >= 4 is 29.6 Å². The summed E-state index contributed by atoms with van der Waals surface area (Å²) in [6, 6.07) is 2.44. The second kappa shape index (κ2) is 12.5. The van der Waals surface area contributed by atoms with E-state index in [4.69, 9.17) is 31.5 Å². The summed E-state index contributed by atoms with van der Waals surface area (Å²) in [5, 5.41) is 2.63. The van der Waals surface area contributed by atoms with Crippen molar-refractivity contribution in [1.82, 2.24) is 10.2 Å². The Bertz CT molecular complexity index is 971. The first-order valence-corrected chi connectivity index (χ1v) is 11.2. The van der Waals surface area contributed by atoms with Crippen LogP contribution in [0.25, 0.3) is 0 Å². The predicted octanol–water partition coefficient (Wildman–Crippen LogP) is 3.26. The van der Waals surface area contributed by atoms with Crippen LogP contribution in [0.3, 0.4) is 0 Å². The molecule has 0 saturated heterocycles. The summed E-state index contributed by atoms with van der Waals surface area (Å²) in [4.78, 5) is 28.5. The first-order chi connectivity index (χ1) is 16.4. The van der Waals surface area contributed by atoms with E-state index in [9.17, 15) is 22.8 Å². The standard InChI is InChI=1S/C22H28ClF3N4O5/c1-4-15(10-28-18(9-27)34-11-13(2)29-14(3)31)35-17-6-5-16-20(19(17)23)33-8-7-30(21(16)32)12-22(24,25)26/h5-6,9-10,13,15H,4,7-8,11-12,27H2,1-3H3,(H,29,31)/b18-9+,28-10-/t13-,15?/m0/s1. The highest BCUT2D eigenvalue weighted by molar-refractivity contribution is 6.34. The third-order valence-electron chi connectivity index (χ3n) is 4.68. The monoisotopic (exact) mass is 520 g/mol. The van der Waals surface area contributed by atoms with Gasteiger partial charge in [0.15, 0.2) is 5.75 Å².